The Labute approximate surface area is 111 Å². The Balaban J connectivity index is 2.42. The van der Waals surface area contributed by atoms with E-state index in [-0.39, 0.29) is 0 Å². The third-order valence-corrected chi connectivity index (χ3v) is 4.37. The van der Waals surface area contributed by atoms with Crippen LogP contribution in [-0.4, -0.2) is 6.04 Å². The minimum atomic E-state index is -0.492. The first-order valence-electron chi connectivity index (χ1n) is 6.10. The van der Waals surface area contributed by atoms with Crippen molar-refractivity contribution in [1.82, 2.24) is 5.32 Å². The van der Waals surface area contributed by atoms with E-state index in [0.29, 0.717) is 6.04 Å². The summed E-state index contributed by atoms with van der Waals surface area (Å²) in [7, 11) is 0. The van der Waals surface area contributed by atoms with Crippen LogP contribution in [0.4, 0.5) is 0 Å². The van der Waals surface area contributed by atoms with Gasteiger partial charge in [-0.15, -0.1) is 0 Å². The van der Waals surface area contributed by atoms with Crippen LogP contribution in [0.3, 0.4) is 0 Å². The number of fused-ring (bicyclic) bond motifs is 1. The van der Waals surface area contributed by atoms with Gasteiger partial charge in [0.1, 0.15) is 5.54 Å². The van der Waals surface area contributed by atoms with Crippen LogP contribution < -0.4 is 5.32 Å². The summed E-state index contributed by atoms with van der Waals surface area (Å²) in [6.45, 7) is 4.27. The van der Waals surface area contributed by atoms with Gasteiger partial charge >= 0.3 is 0 Å². The molecule has 1 aliphatic rings. The van der Waals surface area contributed by atoms with Crippen molar-refractivity contribution >= 4 is 15.9 Å². The molecule has 0 bridgehead atoms. The fraction of sp³-hybridized carbons (Fsp3) is 0.500. The molecule has 2 rings (SSSR count). The molecule has 0 heterocycles. The zero-order valence-electron chi connectivity index (χ0n) is 10.3. The van der Waals surface area contributed by atoms with Crippen molar-refractivity contribution in [3.63, 3.8) is 0 Å². The normalized spacial score (nSPS) is 24.1. The Morgan fingerprint density at radius 1 is 1.59 bits per heavy atom. The fourth-order valence-corrected chi connectivity index (χ4v) is 3.05. The highest BCUT2D eigenvalue weighted by molar-refractivity contribution is 9.10. The lowest BCUT2D eigenvalue weighted by Gasteiger charge is -2.27. The molecule has 17 heavy (non-hydrogen) atoms. The summed E-state index contributed by atoms with van der Waals surface area (Å²) in [6.07, 6.45) is 2.87. The first-order valence-corrected chi connectivity index (χ1v) is 6.89. The maximum atomic E-state index is 9.57. The zero-order chi connectivity index (χ0) is 12.5. The van der Waals surface area contributed by atoms with Crippen LogP contribution in [0.25, 0.3) is 0 Å². The number of benzene rings is 1. The monoisotopic (exact) mass is 292 g/mol. The van der Waals surface area contributed by atoms with Crippen LogP contribution in [0.15, 0.2) is 22.7 Å². The van der Waals surface area contributed by atoms with E-state index in [1.807, 2.05) is 6.07 Å². The zero-order valence-corrected chi connectivity index (χ0v) is 11.8. The van der Waals surface area contributed by atoms with E-state index in [9.17, 15) is 5.26 Å². The van der Waals surface area contributed by atoms with Crippen molar-refractivity contribution in [2.45, 2.75) is 44.7 Å². The average molecular weight is 293 g/mol. The highest BCUT2D eigenvalue weighted by Crippen LogP contribution is 2.40. The van der Waals surface area contributed by atoms with Gasteiger partial charge in [-0.1, -0.05) is 35.0 Å². The fourth-order valence-electron chi connectivity index (χ4n) is 2.48. The van der Waals surface area contributed by atoms with Gasteiger partial charge in [0.25, 0.3) is 0 Å². The smallest absolute Gasteiger partial charge is 0.133 e. The second kappa shape index (κ2) is 4.80. The molecule has 1 aromatic carbocycles. The molecule has 2 unspecified atom stereocenters. The van der Waals surface area contributed by atoms with Gasteiger partial charge in [-0.3, -0.25) is 5.32 Å². The highest BCUT2D eigenvalue weighted by atomic mass is 79.9. The molecule has 0 spiro atoms. The Morgan fingerprint density at radius 3 is 3.00 bits per heavy atom. The molecular weight excluding hydrogens is 276 g/mol. The van der Waals surface area contributed by atoms with Gasteiger partial charge in [0.2, 0.25) is 0 Å². The van der Waals surface area contributed by atoms with Gasteiger partial charge < -0.3 is 0 Å². The number of hydrogen-bond donors (Lipinski definition) is 1. The molecule has 1 N–H and O–H groups in total. The number of halogens is 1. The van der Waals surface area contributed by atoms with E-state index >= 15 is 0 Å². The molecule has 2 nitrogen and oxygen atoms in total. The Morgan fingerprint density at radius 2 is 2.35 bits per heavy atom. The van der Waals surface area contributed by atoms with Crippen LogP contribution in [-0.2, 0) is 12.0 Å². The second-order valence-corrected chi connectivity index (χ2v) is 5.59. The topological polar surface area (TPSA) is 35.8 Å². The Hall–Kier alpha value is -0.850. The number of nitrogens with zero attached hydrogens (tertiary/aromatic N) is 1. The SMILES string of the molecule is CCC(C)NC1(C#N)CCc2c(Br)cccc21. The summed E-state index contributed by atoms with van der Waals surface area (Å²) in [5.74, 6) is 0. The molecule has 0 amide bonds. The number of nitriles is 1. The molecule has 2 atom stereocenters. The quantitative estimate of drug-likeness (QED) is 0.925. The van der Waals surface area contributed by atoms with E-state index in [1.165, 1.54) is 5.56 Å². The molecule has 3 heteroatoms. The average Bonchev–Trinajstić information content (AvgIpc) is 2.70. The second-order valence-electron chi connectivity index (χ2n) is 4.74. The predicted molar refractivity (Wildman–Crippen MR) is 72.6 cm³/mol. The van der Waals surface area contributed by atoms with E-state index in [1.54, 1.807) is 0 Å². The van der Waals surface area contributed by atoms with Crippen molar-refractivity contribution in [2.75, 3.05) is 0 Å². The highest BCUT2D eigenvalue weighted by Gasteiger charge is 2.40. The van der Waals surface area contributed by atoms with Crippen LogP contribution in [0.2, 0.25) is 0 Å². The van der Waals surface area contributed by atoms with Crippen LogP contribution in [0.5, 0.6) is 0 Å². The van der Waals surface area contributed by atoms with Gasteiger partial charge in [0, 0.05) is 10.5 Å². The first kappa shape index (κ1) is 12.6. The largest absolute Gasteiger partial charge is 0.293 e. The van der Waals surface area contributed by atoms with Crippen molar-refractivity contribution in [1.29, 1.82) is 5.26 Å². The van der Waals surface area contributed by atoms with Crippen LogP contribution >= 0.6 is 15.9 Å². The summed E-state index contributed by atoms with van der Waals surface area (Å²) in [5.41, 5.74) is 1.94. The molecule has 0 radical (unpaired) electrons. The molecule has 0 aromatic heterocycles. The molecule has 1 aliphatic carbocycles. The van der Waals surface area contributed by atoms with E-state index in [2.05, 4.69) is 53.3 Å². The summed E-state index contributed by atoms with van der Waals surface area (Å²) in [4.78, 5) is 0. The van der Waals surface area contributed by atoms with Gasteiger partial charge in [0.05, 0.1) is 6.07 Å². The molecule has 0 fully saturated rings. The molecule has 90 valence electrons. The minimum Gasteiger partial charge on any atom is -0.293 e. The molecule has 0 aliphatic heterocycles. The minimum absolute atomic E-state index is 0.361. The molecule has 0 saturated heterocycles. The molecule has 0 saturated carbocycles. The van der Waals surface area contributed by atoms with Gasteiger partial charge in [-0.2, -0.15) is 5.26 Å². The van der Waals surface area contributed by atoms with Crippen molar-refractivity contribution in [2.24, 2.45) is 0 Å². The number of nitrogens with one attached hydrogen (secondary N) is 1. The maximum absolute atomic E-state index is 9.57. The molecular formula is C14H17BrN2. The van der Waals surface area contributed by atoms with Crippen LogP contribution in [0, 0.1) is 11.3 Å². The third-order valence-electron chi connectivity index (χ3n) is 3.62. The van der Waals surface area contributed by atoms with E-state index in [0.717, 1.165) is 29.3 Å². The lowest BCUT2D eigenvalue weighted by atomic mass is 9.92. The first-order chi connectivity index (χ1) is 8.13. The third kappa shape index (κ3) is 2.12. The Bertz CT molecular complexity index is 464. The summed E-state index contributed by atoms with van der Waals surface area (Å²) in [6, 6.07) is 8.99. The van der Waals surface area contributed by atoms with Crippen molar-refractivity contribution in [3.05, 3.63) is 33.8 Å². The Kier molecular flexibility index (Phi) is 3.56. The lowest BCUT2D eigenvalue weighted by molar-refractivity contribution is 0.366. The van der Waals surface area contributed by atoms with Crippen molar-refractivity contribution in [3.8, 4) is 6.07 Å². The maximum Gasteiger partial charge on any atom is 0.133 e. The number of rotatable bonds is 3. The van der Waals surface area contributed by atoms with E-state index < -0.39 is 5.54 Å². The van der Waals surface area contributed by atoms with Crippen molar-refractivity contribution < 1.29 is 0 Å². The lowest BCUT2D eigenvalue weighted by Crippen LogP contribution is -2.44. The molecule has 1 aromatic rings. The number of hydrogen-bond acceptors (Lipinski definition) is 2. The summed E-state index contributed by atoms with van der Waals surface area (Å²) in [5, 5.41) is 13.1. The predicted octanol–water partition coefficient (Wildman–Crippen LogP) is 3.50. The van der Waals surface area contributed by atoms with E-state index in [4.69, 9.17) is 0 Å². The summed E-state index contributed by atoms with van der Waals surface area (Å²) >= 11 is 3.57. The standard InChI is InChI=1S/C14H17BrN2/c1-3-10(2)17-14(9-16)8-7-11-12(14)5-4-6-13(11)15/h4-6,10,17H,3,7-8H2,1-2H3. The van der Waals surface area contributed by atoms with Gasteiger partial charge in [0.15, 0.2) is 0 Å². The van der Waals surface area contributed by atoms with Crippen LogP contribution in [0.1, 0.15) is 37.8 Å². The summed E-state index contributed by atoms with van der Waals surface area (Å²) < 4.78 is 1.12. The van der Waals surface area contributed by atoms with Gasteiger partial charge in [-0.05, 0) is 43.4 Å². The van der Waals surface area contributed by atoms with Gasteiger partial charge in [-0.25, -0.2) is 0 Å².